The number of nitrogens with one attached hydrogen (secondary N) is 1. The van der Waals surface area contributed by atoms with Crippen LogP contribution in [-0.2, 0) is 13.1 Å². The lowest BCUT2D eigenvalue weighted by Gasteiger charge is -2.24. The predicted molar refractivity (Wildman–Crippen MR) is 87.0 cm³/mol. The van der Waals surface area contributed by atoms with Crippen molar-refractivity contribution in [2.45, 2.75) is 13.1 Å². The van der Waals surface area contributed by atoms with Crippen molar-refractivity contribution in [3.63, 3.8) is 0 Å². The first kappa shape index (κ1) is 13.7. The van der Waals surface area contributed by atoms with Crippen LogP contribution < -0.4 is 0 Å². The summed E-state index contributed by atoms with van der Waals surface area (Å²) in [4.78, 5) is 11.6. The summed E-state index contributed by atoms with van der Waals surface area (Å²) in [6, 6.07) is 4.29. The van der Waals surface area contributed by atoms with Crippen LogP contribution in [0.15, 0.2) is 36.9 Å². The zero-order valence-corrected chi connectivity index (χ0v) is 13.2. The highest BCUT2D eigenvalue weighted by Crippen LogP contribution is 2.19. The monoisotopic (exact) mass is 320 g/mol. The molecule has 4 aliphatic rings. The minimum absolute atomic E-state index is 0.696. The van der Waals surface area contributed by atoms with E-state index in [9.17, 15) is 0 Å². The van der Waals surface area contributed by atoms with E-state index >= 15 is 0 Å². The van der Waals surface area contributed by atoms with Gasteiger partial charge in [-0.15, -0.1) is 4.58 Å². The SMILES string of the molecule is [C]1N2C=CN1CN1[C]N(C=C1)C[N+]1=CC=[N+]([CH]1)Cc1ccc([nH]1)C2. The Hall–Kier alpha value is -2.70. The standard InChI is InChI=1S/C17H18N7/c1-2-17-10-20-4-6-22(12-20)14-24-8-7-23(15-24)13-21-5-3-19(11-21)9-16(1)18-17/h1-8,11,18H,9-10,13-14H2/q+2. The first-order valence-corrected chi connectivity index (χ1v) is 7.98. The second-order valence-electron chi connectivity index (χ2n) is 6.23. The topological polar surface area (TPSA) is 34.8 Å². The molecule has 119 valence electrons. The van der Waals surface area contributed by atoms with Crippen LogP contribution in [0.25, 0.3) is 0 Å². The van der Waals surface area contributed by atoms with E-state index in [1.807, 2.05) is 39.5 Å². The van der Waals surface area contributed by atoms with Crippen molar-refractivity contribution in [1.82, 2.24) is 24.6 Å². The number of aromatic nitrogens is 1. The van der Waals surface area contributed by atoms with Gasteiger partial charge in [-0.1, -0.05) is 0 Å². The van der Waals surface area contributed by atoms with Gasteiger partial charge in [-0.25, -0.2) is 0 Å². The molecule has 0 saturated carbocycles. The molecule has 0 unspecified atom stereocenters. The molecule has 1 N–H and O–H groups in total. The molecule has 5 rings (SSSR count). The molecule has 0 aliphatic carbocycles. The summed E-state index contributed by atoms with van der Waals surface area (Å²) in [6.07, 6.45) is 12.3. The number of hydrogen-bond acceptors (Lipinski definition) is 4. The molecule has 7 heteroatoms. The number of aromatic amines is 1. The van der Waals surface area contributed by atoms with Crippen LogP contribution in [-0.4, -0.2) is 59.5 Å². The molecule has 7 nitrogen and oxygen atoms in total. The van der Waals surface area contributed by atoms with Crippen molar-refractivity contribution in [3.8, 4) is 0 Å². The Balaban J connectivity index is 1.37. The Labute approximate surface area is 141 Å². The second kappa shape index (κ2) is 5.43. The van der Waals surface area contributed by atoms with Gasteiger partial charge in [-0.05, 0) is 12.1 Å². The second-order valence-corrected chi connectivity index (χ2v) is 6.23. The lowest BCUT2D eigenvalue weighted by atomic mass is 10.4. The molecule has 0 saturated heterocycles. The zero-order valence-electron chi connectivity index (χ0n) is 13.2. The molecular formula is C17H18N7+2. The van der Waals surface area contributed by atoms with E-state index in [2.05, 4.69) is 63.6 Å². The van der Waals surface area contributed by atoms with Crippen molar-refractivity contribution in [2.24, 2.45) is 0 Å². The molecule has 1 aromatic rings. The van der Waals surface area contributed by atoms with Crippen LogP contribution >= 0.6 is 0 Å². The highest BCUT2D eigenvalue weighted by atomic mass is 15.5. The number of hydrogen-bond donors (Lipinski definition) is 1. The smallest absolute Gasteiger partial charge is 0.356 e. The van der Waals surface area contributed by atoms with E-state index in [1.165, 1.54) is 11.4 Å². The van der Waals surface area contributed by atoms with Crippen LogP contribution in [0.4, 0.5) is 0 Å². The third-order valence-electron chi connectivity index (χ3n) is 4.23. The van der Waals surface area contributed by atoms with Gasteiger partial charge < -0.3 is 19.7 Å². The Bertz CT molecular complexity index is 757. The van der Waals surface area contributed by atoms with Crippen LogP contribution in [0.1, 0.15) is 11.4 Å². The third kappa shape index (κ3) is 2.66. The average Bonchev–Trinajstić information content (AvgIpc) is 3.32. The van der Waals surface area contributed by atoms with Gasteiger partial charge in [-0.3, -0.25) is 4.90 Å². The van der Waals surface area contributed by atoms with Gasteiger partial charge in [0.2, 0.25) is 32.4 Å². The van der Waals surface area contributed by atoms with Crippen molar-refractivity contribution in [3.05, 3.63) is 68.3 Å². The van der Waals surface area contributed by atoms with Gasteiger partial charge in [0.25, 0.3) is 0 Å². The van der Waals surface area contributed by atoms with Gasteiger partial charge in [0.15, 0.2) is 6.54 Å². The molecule has 4 aliphatic heterocycles. The summed E-state index contributed by atoms with van der Waals surface area (Å²) in [5.41, 5.74) is 2.38. The maximum Gasteiger partial charge on any atom is 0.472 e. The molecular weight excluding hydrogens is 302 g/mol. The van der Waals surface area contributed by atoms with Gasteiger partial charge in [0.1, 0.15) is 0 Å². The molecule has 0 spiro atoms. The largest absolute Gasteiger partial charge is 0.472 e. The number of nitrogens with zero attached hydrogens (tertiary/aromatic N) is 6. The Morgan fingerprint density at radius 3 is 2.46 bits per heavy atom. The molecule has 5 heterocycles. The van der Waals surface area contributed by atoms with E-state index in [4.69, 9.17) is 0 Å². The van der Waals surface area contributed by atoms with E-state index in [-0.39, 0.29) is 0 Å². The normalized spacial score (nSPS) is 22.5. The highest BCUT2D eigenvalue weighted by molar-refractivity contribution is 6.11. The summed E-state index contributed by atoms with van der Waals surface area (Å²) >= 11 is 0. The number of H-pyrrole nitrogens is 1. The molecule has 5 radical (unpaired) electrons. The van der Waals surface area contributed by atoms with E-state index in [1.54, 1.807) is 0 Å². The molecule has 24 heavy (non-hydrogen) atoms. The number of fused-ring (bicyclic) bond motifs is 8. The first-order chi connectivity index (χ1) is 11.8. The molecule has 8 bridgehead atoms. The molecule has 0 atom stereocenters. The Morgan fingerprint density at radius 2 is 1.54 bits per heavy atom. The quantitative estimate of drug-likeness (QED) is 0.703. The predicted octanol–water partition coefficient (Wildman–Crippen LogP) is 0.413. The Kier molecular flexibility index (Phi) is 3.11. The number of rotatable bonds is 0. The molecule has 0 fully saturated rings. The summed E-state index contributed by atoms with van der Waals surface area (Å²) in [6.45, 7) is 11.9. The van der Waals surface area contributed by atoms with Gasteiger partial charge in [0, 0.05) is 30.5 Å². The van der Waals surface area contributed by atoms with E-state index < -0.39 is 0 Å². The highest BCUT2D eigenvalue weighted by Gasteiger charge is 2.29. The molecule has 0 aromatic carbocycles. The third-order valence-corrected chi connectivity index (χ3v) is 4.23. The Morgan fingerprint density at radius 1 is 0.833 bits per heavy atom. The molecule has 0 amide bonds. The van der Waals surface area contributed by atoms with Gasteiger partial charge in [-0.2, -0.15) is 4.58 Å². The van der Waals surface area contributed by atoms with Crippen molar-refractivity contribution >= 4 is 12.4 Å². The zero-order chi connectivity index (χ0) is 15.9. The van der Waals surface area contributed by atoms with E-state index in [0.29, 0.717) is 6.67 Å². The summed E-state index contributed by atoms with van der Waals surface area (Å²) in [7, 11) is 0. The first-order valence-electron chi connectivity index (χ1n) is 7.98. The van der Waals surface area contributed by atoms with Crippen LogP contribution in [0.3, 0.4) is 0 Å². The van der Waals surface area contributed by atoms with Crippen LogP contribution in [0.5, 0.6) is 0 Å². The van der Waals surface area contributed by atoms with Crippen molar-refractivity contribution < 1.29 is 9.15 Å². The minimum Gasteiger partial charge on any atom is -0.356 e. The minimum atomic E-state index is 0.696. The van der Waals surface area contributed by atoms with Crippen LogP contribution in [0, 0.1) is 20.0 Å². The van der Waals surface area contributed by atoms with Crippen molar-refractivity contribution in [2.75, 3.05) is 13.3 Å². The fourth-order valence-corrected chi connectivity index (χ4v) is 3.12. The lowest BCUT2D eigenvalue weighted by molar-refractivity contribution is -0.669. The van der Waals surface area contributed by atoms with Gasteiger partial charge in [0.05, 0.1) is 18.9 Å². The summed E-state index contributed by atoms with van der Waals surface area (Å²) < 4.78 is 4.32. The fourth-order valence-electron chi connectivity index (χ4n) is 3.12. The maximum absolute atomic E-state index is 3.50. The van der Waals surface area contributed by atoms with E-state index in [0.717, 1.165) is 19.8 Å². The van der Waals surface area contributed by atoms with Crippen LogP contribution in [0.2, 0.25) is 0 Å². The summed E-state index contributed by atoms with van der Waals surface area (Å²) in [5, 5.41) is 0. The maximum atomic E-state index is 3.50. The van der Waals surface area contributed by atoms with Crippen molar-refractivity contribution in [1.29, 1.82) is 0 Å². The average molecular weight is 320 g/mol. The lowest BCUT2D eigenvalue weighted by Crippen LogP contribution is -2.32. The molecule has 1 aromatic heterocycles. The van der Waals surface area contributed by atoms with Gasteiger partial charge >= 0.3 is 6.67 Å². The fraction of sp³-hybridized carbons (Fsp3) is 0.235. The summed E-state index contributed by atoms with van der Waals surface area (Å²) in [5.74, 6) is 0.